The minimum absolute atomic E-state index is 0.0738. The maximum atomic E-state index is 12.4. The Bertz CT molecular complexity index is 898. The normalized spacial score (nSPS) is 10.0. The summed E-state index contributed by atoms with van der Waals surface area (Å²) in [5.41, 5.74) is 5.12. The number of hydrazine groups is 1. The van der Waals surface area contributed by atoms with Crippen molar-refractivity contribution in [1.29, 1.82) is 0 Å². The van der Waals surface area contributed by atoms with E-state index in [4.69, 9.17) is 33.3 Å². The molecular weight excluding hydrogens is 482 g/mol. The smallest absolute Gasteiger partial charge is 0.276 e. The zero-order valence-electron chi connectivity index (χ0n) is 15.5. The predicted molar refractivity (Wildman–Crippen MR) is 118 cm³/mol. The molecule has 0 bridgehead atoms. The van der Waals surface area contributed by atoms with Crippen LogP contribution in [0.15, 0.2) is 46.9 Å². The molecule has 29 heavy (non-hydrogen) atoms. The number of thiocarbonyl (C=S) groups is 1. The van der Waals surface area contributed by atoms with E-state index >= 15 is 0 Å². The van der Waals surface area contributed by atoms with Crippen molar-refractivity contribution in [2.45, 2.75) is 13.3 Å². The Morgan fingerprint density at radius 1 is 1.10 bits per heavy atom. The largest absolute Gasteiger partial charge is 0.493 e. The molecule has 0 aromatic heterocycles. The molecule has 0 unspecified atom stereocenters. The van der Waals surface area contributed by atoms with Gasteiger partial charge in [0.2, 0.25) is 0 Å². The summed E-state index contributed by atoms with van der Waals surface area (Å²) in [6.07, 6.45) is 0.815. The van der Waals surface area contributed by atoms with Crippen molar-refractivity contribution in [2.24, 2.45) is 0 Å². The molecule has 0 atom stereocenters. The van der Waals surface area contributed by atoms with Gasteiger partial charge in [0.1, 0.15) is 11.5 Å². The zero-order chi connectivity index (χ0) is 21.2. The van der Waals surface area contributed by atoms with Crippen LogP contribution < -0.4 is 25.6 Å². The quantitative estimate of drug-likeness (QED) is 0.398. The molecule has 3 N–H and O–H groups in total. The number of nitrogens with one attached hydrogen (secondary N) is 3. The summed E-state index contributed by atoms with van der Waals surface area (Å²) in [5, 5.41) is 2.77. The van der Waals surface area contributed by atoms with Gasteiger partial charge in [0.05, 0.1) is 17.2 Å². The third-order valence-electron chi connectivity index (χ3n) is 3.39. The molecule has 0 radical (unpaired) electrons. The Hall–Kier alpha value is -2.36. The fraction of sp³-hybridized carbons (Fsp3) is 0.211. The fourth-order valence-corrected chi connectivity index (χ4v) is 2.96. The topological polar surface area (TPSA) is 88.7 Å². The highest BCUT2D eigenvalue weighted by molar-refractivity contribution is 9.10. The van der Waals surface area contributed by atoms with E-state index in [2.05, 4.69) is 32.1 Å². The SMILES string of the molecule is CCCOc1ccccc1C(=O)NC(=S)NNC(=O)COc1ccc(Br)cc1Cl. The van der Waals surface area contributed by atoms with Crippen LogP contribution in [0.25, 0.3) is 0 Å². The molecule has 0 aliphatic carbocycles. The second-order valence-electron chi connectivity index (χ2n) is 5.66. The molecule has 0 fully saturated rings. The minimum atomic E-state index is -0.507. The van der Waals surface area contributed by atoms with Gasteiger partial charge in [-0.2, -0.15) is 0 Å². The van der Waals surface area contributed by atoms with Gasteiger partial charge in [0, 0.05) is 4.47 Å². The molecule has 154 valence electrons. The van der Waals surface area contributed by atoms with Crippen LogP contribution in [0.5, 0.6) is 11.5 Å². The van der Waals surface area contributed by atoms with Gasteiger partial charge in [-0.05, 0) is 49.0 Å². The van der Waals surface area contributed by atoms with Crippen molar-refractivity contribution in [2.75, 3.05) is 13.2 Å². The first-order valence-corrected chi connectivity index (χ1v) is 10.2. The molecule has 0 saturated carbocycles. The first-order valence-electron chi connectivity index (χ1n) is 8.60. The van der Waals surface area contributed by atoms with Crippen LogP contribution in [0.3, 0.4) is 0 Å². The number of benzene rings is 2. The lowest BCUT2D eigenvalue weighted by molar-refractivity contribution is -0.123. The van der Waals surface area contributed by atoms with E-state index in [1.807, 2.05) is 6.92 Å². The van der Waals surface area contributed by atoms with Crippen LogP contribution in [0, 0.1) is 0 Å². The average Bonchev–Trinajstić information content (AvgIpc) is 2.70. The number of carbonyl (C=O) groups is 2. The molecule has 2 aromatic carbocycles. The summed E-state index contributed by atoms with van der Waals surface area (Å²) < 4.78 is 11.7. The predicted octanol–water partition coefficient (Wildman–Crippen LogP) is 3.61. The highest BCUT2D eigenvalue weighted by Gasteiger charge is 2.14. The Balaban J connectivity index is 1.80. The van der Waals surface area contributed by atoms with Crippen LogP contribution >= 0.6 is 39.7 Å². The van der Waals surface area contributed by atoms with Crippen LogP contribution in [0.1, 0.15) is 23.7 Å². The summed E-state index contributed by atoms with van der Waals surface area (Å²) in [5.74, 6) is -0.142. The molecular formula is C19H19BrClN3O4S. The van der Waals surface area contributed by atoms with E-state index in [0.717, 1.165) is 10.9 Å². The van der Waals surface area contributed by atoms with Crippen molar-refractivity contribution in [3.8, 4) is 11.5 Å². The second kappa shape index (κ2) is 11.6. The number of halogens is 2. The van der Waals surface area contributed by atoms with E-state index in [-0.39, 0.29) is 11.7 Å². The van der Waals surface area contributed by atoms with Gasteiger partial charge in [-0.3, -0.25) is 25.8 Å². The van der Waals surface area contributed by atoms with Gasteiger partial charge in [0.15, 0.2) is 11.7 Å². The van der Waals surface area contributed by atoms with Gasteiger partial charge in [-0.15, -0.1) is 0 Å². The van der Waals surface area contributed by atoms with Crippen molar-refractivity contribution in [1.82, 2.24) is 16.2 Å². The lowest BCUT2D eigenvalue weighted by Gasteiger charge is -2.13. The van der Waals surface area contributed by atoms with Crippen LogP contribution in [-0.4, -0.2) is 30.1 Å². The summed E-state index contributed by atoms with van der Waals surface area (Å²) in [4.78, 5) is 24.3. The van der Waals surface area contributed by atoms with Crippen molar-refractivity contribution < 1.29 is 19.1 Å². The zero-order valence-corrected chi connectivity index (χ0v) is 18.6. The molecule has 7 nitrogen and oxygen atoms in total. The van der Waals surface area contributed by atoms with Gasteiger partial charge < -0.3 is 9.47 Å². The van der Waals surface area contributed by atoms with Gasteiger partial charge in [-0.1, -0.05) is 46.6 Å². The van der Waals surface area contributed by atoms with Crippen LogP contribution in [0.2, 0.25) is 5.02 Å². The van der Waals surface area contributed by atoms with Crippen molar-refractivity contribution >= 4 is 56.7 Å². The minimum Gasteiger partial charge on any atom is -0.493 e. The Kier molecular flexibility index (Phi) is 9.17. The lowest BCUT2D eigenvalue weighted by atomic mass is 10.2. The first kappa shape index (κ1) is 22.9. The second-order valence-corrected chi connectivity index (χ2v) is 7.40. The molecule has 0 aliphatic heterocycles. The molecule has 0 saturated heterocycles. The molecule has 0 spiro atoms. The standard InChI is InChI=1S/C19H19BrClN3O4S/c1-2-9-27-15-6-4-3-5-13(15)18(26)22-19(29)24-23-17(25)11-28-16-8-7-12(20)10-14(16)21/h3-8,10H,2,9,11H2,1H3,(H,23,25)(H2,22,24,26,29). The van der Waals surface area contributed by atoms with Crippen LogP contribution in [0.4, 0.5) is 0 Å². The van der Waals surface area contributed by atoms with Crippen molar-refractivity contribution in [3.05, 3.63) is 57.5 Å². The summed E-state index contributed by atoms with van der Waals surface area (Å²) in [7, 11) is 0. The molecule has 2 amide bonds. The monoisotopic (exact) mass is 499 g/mol. The Morgan fingerprint density at radius 2 is 1.86 bits per heavy atom. The number of carbonyl (C=O) groups excluding carboxylic acids is 2. The first-order chi connectivity index (χ1) is 13.9. The third-order valence-corrected chi connectivity index (χ3v) is 4.38. The van der Waals surface area contributed by atoms with Crippen molar-refractivity contribution in [3.63, 3.8) is 0 Å². The average molecular weight is 501 g/mol. The highest BCUT2D eigenvalue weighted by Crippen LogP contribution is 2.27. The van der Waals surface area contributed by atoms with Gasteiger partial charge in [-0.25, -0.2) is 0 Å². The fourth-order valence-electron chi connectivity index (χ4n) is 2.09. The molecule has 2 rings (SSSR count). The molecule has 0 aliphatic rings. The van der Waals surface area contributed by atoms with Crippen LogP contribution in [-0.2, 0) is 4.79 Å². The van der Waals surface area contributed by atoms with E-state index in [1.165, 1.54) is 0 Å². The Labute approximate surface area is 187 Å². The number of hydrogen-bond acceptors (Lipinski definition) is 5. The maximum Gasteiger partial charge on any atom is 0.276 e. The van der Waals surface area contributed by atoms with E-state index in [9.17, 15) is 9.59 Å². The Morgan fingerprint density at radius 3 is 2.59 bits per heavy atom. The highest BCUT2D eigenvalue weighted by atomic mass is 79.9. The van der Waals surface area contributed by atoms with E-state index < -0.39 is 11.8 Å². The molecule has 10 heteroatoms. The summed E-state index contributed by atoms with van der Waals surface area (Å²) >= 11 is 14.3. The number of para-hydroxylation sites is 1. The third kappa shape index (κ3) is 7.52. The molecule has 2 aromatic rings. The summed E-state index contributed by atoms with van der Waals surface area (Å²) in [6, 6.07) is 11.8. The molecule has 0 heterocycles. The van der Waals surface area contributed by atoms with E-state index in [1.54, 1.807) is 42.5 Å². The number of amides is 2. The number of rotatable bonds is 7. The number of hydrogen-bond donors (Lipinski definition) is 3. The van der Waals surface area contributed by atoms with E-state index in [0.29, 0.717) is 28.7 Å². The number of ether oxygens (including phenoxy) is 2. The van der Waals surface area contributed by atoms with Gasteiger partial charge in [0.25, 0.3) is 11.8 Å². The summed E-state index contributed by atoms with van der Waals surface area (Å²) in [6.45, 7) is 2.17. The van der Waals surface area contributed by atoms with Gasteiger partial charge >= 0.3 is 0 Å². The maximum absolute atomic E-state index is 12.4. The lowest BCUT2D eigenvalue weighted by Crippen LogP contribution is -2.49.